The molecule has 6 heteroatoms. The van der Waals surface area contributed by atoms with Gasteiger partial charge < -0.3 is 10.4 Å². The molecule has 0 aliphatic heterocycles. The summed E-state index contributed by atoms with van der Waals surface area (Å²) < 4.78 is 6.07. The van der Waals surface area contributed by atoms with Gasteiger partial charge in [0.25, 0.3) is 8.05 Å². The molecule has 0 fully saturated rings. The Morgan fingerprint density at radius 3 is 2.60 bits per heavy atom. The number of rotatable bonds is 2. The standard InChI is InChI=1S/C9H13BN4O/c1-9(2,3)14-8(12)6(4-11)7(13-14)5-15-10/h5,12H2,1-3H3. The maximum Gasteiger partial charge on any atom is 0.283 e. The van der Waals surface area contributed by atoms with Gasteiger partial charge >= 0.3 is 0 Å². The second-order valence-corrected chi connectivity index (χ2v) is 4.21. The molecular weight excluding hydrogens is 191 g/mol. The summed E-state index contributed by atoms with van der Waals surface area (Å²) in [7, 11) is 4.95. The van der Waals surface area contributed by atoms with Crippen LogP contribution in [0.3, 0.4) is 0 Å². The van der Waals surface area contributed by atoms with Crippen molar-refractivity contribution in [2.45, 2.75) is 32.9 Å². The largest absolute Gasteiger partial charge is 0.442 e. The fraction of sp³-hybridized carbons (Fsp3) is 0.556. The summed E-state index contributed by atoms with van der Waals surface area (Å²) in [5.41, 5.74) is 6.33. The average Bonchev–Trinajstić information content (AvgIpc) is 2.42. The van der Waals surface area contributed by atoms with Crippen molar-refractivity contribution in [2.75, 3.05) is 5.73 Å². The number of hydrogen-bond acceptors (Lipinski definition) is 4. The molecule has 1 aromatic heterocycles. The molecule has 0 aromatic carbocycles. The average molecular weight is 204 g/mol. The van der Waals surface area contributed by atoms with Gasteiger partial charge in [0.2, 0.25) is 0 Å². The molecule has 0 unspecified atom stereocenters. The quantitative estimate of drug-likeness (QED) is 0.719. The minimum Gasteiger partial charge on any atom is -0.442 e. The molecule has 1 aromatic rings. The van der Waals surface area contributed by atoms with Crippen molar-refractivity contribution in [3.05, 3.63) is 11.3 Å². The summed E-state index contributed by atoms with van der Waals surface area (Å²) in [4.78, 5) is 0. The van der Waals surface area contributed by atoms with Gasteiger partial charge in [0.15, 0.2) is 0 Å². The first-order valence-electron chi connectivity index (χ1n) is 4.51. The van der Waals surface area contributed by atoms with Crippen molar-refractivity contribution in [2.24, 2.45) is 0 Å². The third kappa shape index (κ3) is 2.13. The van der Waals surface area contributed by atoms with Gasteiger partial charge in [-0.1, -0.05) is 0 Å². The predicted octanol–water partition coefficient (Wildman–Crippen LogP) is 0.692. The highest BCUT2D eigenvalue weighted by atomic mass is 16.4. The molecule has 15 heavy (non-hydrogen) atoms. The minimum atomic E-state index is -0.275. The van der Waals surface area contributed by atoms with Crippen molar-refractivity contribution in [1.29, 1.82) is 5.26 Å². The van der Waals surface area contributed by atoms with Crippen molar-refractivity contribution >= 4 is 13.9 Å². The van der Waals surface area contributed by atoms with Crippen LogP contribution in [-0.4, -0.2) is 17.8 Å². The van der Waals surface area contributed by atoms with Gasteiger partial charge in [-0.25, -0.2) is 4.68 Å². The van der Waals surface area contributed by atoms with Crippen LogP contribution in [0.1, 0.15) is 32.0 Å². The van der Waals surface area contributed by atoms with Crippen LogP contribution < -0.4 is 5.73 Å². The summed E-state index contributed by atoms with van der Waals surface area (Å²) in [5, 5.41) is 13.1. The molecule has 0 spiro atoms. The van der Waals surface area contributed by atoms with E-state index in [0.29, 0.717) is 17.1 Å². The molecule has 0 aliphatic rings. The summed E-state index contributed by atoms with van der Waals surface area (Å²) in [6.45, 7) is 5.93. The van der Waals surface area contributed by atoms with Crippen molar-refractivity contribution in [1.82, 2.24) is 9.78 Å². The van der Waals surface area contributed by atoms with E-state index in [1.54, 1.807) is 4.68 Å². The van der Waals surface area contributed by atoms with Crippen molar-refractivity contribution in [3.8, 4) is 6.07 Å². The highest BCUT2D eigenvalue weighted by molar-refractivity contribution is 5.97. The second-order valence-electron chi connectivity index (χ2n) is 4.21. The Morgan fingerprint density at radius 1 is 1.60 bits per heavy atom. The fourth-order valence-corrected chi connectivity index (χ4v) is 1.29. The Morgan fingerprint density at radius 2 is 2.20 bits per heavy atom. The van der Waals surface area contributed by atoms with Gasteiger partial charge in [0.05, 0.1) is 12.1 Å². The van der Waals surface area contributed by atoms with Gasteiger partial charge in [0, 0.05) is 0 Å². The molecule has 2 N–H and O–H groups in total. The normalized spacial score (nSPS) is 11.3. The molecule has 0 amide bonds. The van der Waals surface area contributed by atoms with Crippen LogP contribution in [0.5, 0.6) is 0 Å². The number of hydrogen-bond donors (Lipinski definition) is 1. The topological polar surface area (TPSA) is 76.9 Å². The van der Waals surface area contributed by atoms with Crippen molar-refractivity contribution < 1.29 is 4.65 Å². The molecule has 0 atom stereocenters. The number of anilines is 1. The molecule has 1 heterocycles. The van der Waals surface area contributed by atoms with Crippen LogP contribution in [-0.2, 0) is 16.8 Å². The zero-order chi connectivity index (χ0) is 11.6. The van der Waals surface area contributed by atoms with E-state index >= 15 is 0 Å². The van der Waals surface area contributed by atoms with E-state index in [2.05, 4.69) is 9.75 Å². The van der Waals surface area contributed by atoms with Crippen LogP contribution in [0.15, 0.2) is 0 Å². The lowest BCUT2D eigenvalue weighted by Gasteiger charge is -2.20. The zero-order valence-corrected chi connectivity index (χ0v) is 9.11. The maximum absolute atomic E-state index is 8.93. The molecule has 2 radical (unpaired) electrons. The van der Waals surface area contributed by atoms with Crippen LogP contribution in [0, 0.1) is 11.3 Å². The monoisotopic (exact) mass is 204 g/mol. The maximum atomic E-state index is 8.93. The first-order chi connectivity index (χ1) is 6.91. The zero-order valence-electron chi connectivity index (χ0n) is 9.11. The lowest BCUT2D eigenvalue weighted by atomic mass is 10.1. The Balaban J connectivity index is 3.29. The first-order valence-corrected chi connectivity index (χ1v) is 4.51. The van der Waals surface area contributed by atoms with E-state index < -0.39 is 0 Å². The molecule has 1 rings (SSSR count). The van der Waals surface area contributed by atoms with Crippen LogP contribution in [0.4, 0.5) is 5.82 Å². The number of nitrogens with zero attached hydrogens (tertiary/aromatic N) is 3. The third-order valence-electron chi connectivity index (χ3n) is 1.96. The Hall–Kier alpha value is -1.48. The third-order valence-corrected chi connectivity index (χ3v) is 1.96. The molecular formula is C9H13BN4O. The minimum absolute atomic E-state index is 0.0795. The van der Waals surface area contributed by atoms with Gasteiger partial charge in [-0.3, -0.25) is 0 Å². The van der Waals surface area contributed by atoms with Crippen LogP contribution >= 0.6 is 0 Å². The lowest BCUT2D eigenvalue weighted by Crippen LogP contribution is -2.25. The Kier molecular flexibility index (Phi) is 3.05. The summed E-state index contributed by atoms with van der Waals surface area (Å²) >= 11 is 0. The van der Waals surface area contributed by atoms with Gasteiger partial charge in [-0.2, -0.15) is 10.4 Å². The number of nitrogen functional groups attached to an aromatic ring is 1. The fourth-order valence-electron chi connectivity index (χ4n) is 1.29. The SMILES string of the molecule is [B]OCc1nn(C(C)(C)C)c(N)c1C#N. The van der Waals surface area contributed by atoms with E-state index in [0.717, 1.165) is 0 Å². The first kappa shape index (κ1) is 11.6. The van der Waals surface area contributed by atoms with E-state index in [-0.39, 0.29) is 12.1 Å². The Bertz CT molecular complexity index is 399. The summed E-state index contributed by atoms with van der Waals surface area (Å²) in [5.74, 6) is 0.344. The second kappa shape index (κ2) is 3.95. The van der Waals surface area contributed by atoms with Crippen LogP contribution in [0.2, 0.25) is 0 Å². The number of nitriles is 1. The summed E-state index contributed by atoms with van der Waals surface area (Å²) in [6.07, 6.45) is 0. The lowest BCUT2D eigenvalue weighted by molar-refractivity contribution is 0.316. The predicted molar refractivity (Wildman–Crippen MR) is 56.9 cm³/mol. The van der Waals surface area contributed by atoms with Gasteiger partial charge in [-0.05, 0) is 20.8 Å². The van der Waals surface area contributed by atoms with E-state index in [9.17, 15) is 0 Å². The van der Waals surface area contributed by atoms with Gasteiger partial charge in [-0.15, -0.1) is 0 Å². The number of nitrogens with two attached hydrogens (primary N) is 1. The van der Waals surface area contributed by atoms with E-state index in [1.165, 1.54) is 0 Å². The van der Waals surface area contributed by atoms with E-state index in [1.807, 2.05) is 26.8 Å². The highest BCUT2D eigenvalue weighted by Gasteiger charge is 2.22. The van der Waals surface area contributed by atoms with E-state index in [4.69, 9.17) is 19.0 Å². The molecule has 5 nitrogen and oxygen atoms in total. The molecule has 0 aliphatic carbocycles. The Labute approximate surface area is 90.3 Å². The molecule has 0 bridgehead atoms. The summed E-state index contributed by atoms with van der Waals surface area (Å²) in [6, 6.07) is 2.00. The van der Waals surface area contributed by atoms with Crippen LogP contribution in [0.25, 0.3) is 0 Å². The highest BCUT2D eigenvalue weighted by Crippen LogP contribution is 2.23. The molecule has 78 valence electrons. The number of aromatic nitrogens is 2. The van der Waals surface area contributed by atoms with Crippen molar-refractivity contribution in [3.63, 3.8) is 0 Å². The molecule has 0 saturated carbocycles. The van der Waals surface area contributed by atoms with Gasteiger partial charge in [0.1, 0.15) is 23.1 Å². The molecule has 0 saturated heterocycles. The smallest absolute Gasteiger partial charge is 0.283 e.